The van der Waals surface area contributed by atoms with Gasteiger partial charge in [-0.15, -0.1) is 0 Å². The van der Waals surface area contributed by atoms with Gasteiger partial charge in [-0.2, -0.15) is 0 Å². The van der Waals surface area contributed by atoms with Crippen molar-refractivity contribution in [3.63, 3.8) is 0 Å². The number of hydrogen-bond donors (Lipinski definition) is 0. The highest BCUT2D eigenvalue weighted by Gasteiger charge is 2.19. The number of nitrogens with zero attached hydrogens (tertiary/aromatic N) is 3. The Bertz CT molecular complexity index is 4900. The number of benzene rings is 14. The summed E-state index contributed by atoms with van der Waals surface area (Å²) in [5.74, 6) is 0. The summed E-state index contributed by atoms with van der Waals surface area (Å²) >= 11 is 0. The average molecular weight is 1060 g/mol. The monoisotopic (exact) mass is 1060 g/mol. The van der Waals surface area contributed by atoms with Crippen LogP contribution in [0.2, 0.25) is 0 Å². The van der Waals surface area contributed by atoms with Gasteiger partial charge in [-0.25, -0.2) is 0 Å². The maximum atomic E-state index is 2.44. The first-order valence-electron chi connectivity index (χ1n) is 28.6. The van der Waals surface area contributed by atoms with Crippen LogP contribution in [-0.2, 0) is 0 Å². The van der Waals surface area contributed by atoms with Gasteiger partial charge in [0.15, 0.2) is 0 Å². The zero-order valence-electron chi connectivity index (χ0n) is 45.4. The molecule has 14 aromatic carbocycles. The second kappa shape index (κ2) is 20.0. The van der Waals surface area contributed by atoms with Crippen molar-refractivity contribution in [2.75, 3.05) is 4.90 Å². The number of aromatic nitrogens is 2. The molecule has 3 nitrogen and oxygen atoms in total. The summed E-state index contributed by atoms with van der Waals surface area (Å²) in [6.07, 6.45) is 0. The van der Waals surface area contributed by atoms with E-state index in [4.69, 9.17) is 0 Å². The molecule has 16 rings (SSSR count). The van der Waals surface area contributed by atoms with Gasteiger partial charge in [0, 0.05) is 50.0 Å². The minimum atomic E-state index is 1.08. The lowest BCUT2D eigenvalue weighted by Gasteiger charge is -2.26. The molecule has 0 radical (unpaired) electrons. The Morgan fingerprint density at radius 2 is 0.518 bits per heavy atom. The largest absolute Gasteiger partial charge is 0.311 e. The van der Waals surface area contributed by atoms with Crippen molar-refractivity contribution in [1.29, 1.82) is 0 Å². The highest BCUT2D eigenvalue weighted by molar-refractivity contribution is 6.13. The van der Waals surface area contributed by atoms with Crippen LogP contribution in [-0.4, -0.2) is 9.13 Å². The topological polar surface area (TPSA) is 13.1 Å². The highest BCUT2D eigenvalue weighted by atomic mass is 15.1. The molecule has 0 aliphatic carbocycles. The Balaban J connectivity index is 0.769. The van der Waals surface area contributed by atoms with Gasteiger partial charge in [0.2, 0.25) is 0 Å². The molecule has 0 N–H and O–H groups in total. The minimum absolute atomic E-state index is 1.08. The van der Waals surface area contributed by atoms with Gasteiger partial charge in [-0.1, -0.05) is 218 Å². The van der Waals surface area contributed by atoms with Crippen LogP contribution in [0.3, 0.4) is 0 Å². The number of para-hydroxylation sites is 3. The maximum absolute atomic E-state index is 2.44. The Morgan fingerprint density at radius 1 is 0.193 bits per heavy atom. The van der Waals surface area contributed by atoms with Crippen molar-refractivity contribution in [2.24, 2.45) is 0 Å². The number of hydrogen-bond acceptors (Lipinski definition) is 1. The van der Waals surface area contributed by atoms with E-state index >= 15 is 0 Å². The Labute approximate surface area is 482 Å². The van der Waals surface area contributed by atoms with Gasteiger partial charge >= 0.3 is 0 Å². The molecule has 0 saturated heterocycles. The Hall–Kier alpha value is -11.0. The molecule has 0 unspecified atom stereocenters. The molecule has 0 amide bonds. The van der Waals surface area contributed by atoms with Crippen LogP contribution in [0.5, 0.6) is 0 Å². The summed E-state index contributed by atoms with van der Waals surface area (Å²) in [7, 11) is 0. The Kier molecular flexibility index (Phi) is 11.5. The summed E-state index contributed by atoms with van der Waals surface area (Å²) in [6, 6.07) is 118. The zero-order valence-corrected chi connectivity index (χ0v) is 45.4. The van der Waals surface area contributed by atoms with E-state index in [1.807, 2.05) is 0 Å². The smallest absolute Gasteiger partial charge is 0.0541 e. The fourth-order valence-electron chi connectivity index (χ4n) is 12.9. The molecule has 2 heterocycles. The molecule has 0 bridgehead atoms. The van der Waals surface area contributed by atoms with Gasteiger partial charge in [0.1, 0.15) is 0 Å². The third-order valence-electron chi connectivity index (χ3n) is 16.9. The van der Waals surface area contributed by atoms with Crippen LogP contribution in [0.25, 0.3) is 132 Å². The normalized spacial score (nSPS) is 11.6. The first kappa shape index (κ1) is 48.0. The molecule has 0 fully saturated rings. The second-order valence-corrected chi connectivity index (χ2v) is 21.7. The zero-order chi connectivity index (χ0) is 54.8. The minimum Gasteiger partial charge on any atom is -0.311 e. The Morgan fingerprint density at radius 3 is 1.01 bits per heavy atom. The fourth-order valence-corrected chi connectivity index (χ4v) is 12.9. The quantitative estimate of drug-likeness (QED) is 0.133. The van der Waals surface area contributed by atoms with Crippen molar-refractivity contribution >= 4 is 82.2 Å². The molecule has 2 aromatic heterocycles. The highest BCUT2D eigenvalue weighted by Crippen LogP contribution is 2.42. The van der Waals surface area contributed by atoms with Gasteiger partial charge in [0.25, 0.3) is 0 Å². The molecule has 388 valence electrons. The standard InChI is InChI=1S/C80H53N3/c1-3-19-64(20-4-1)81(66-42-37-56(38-43-66)61-39-48-78-74(51-61)73-25-11-12-28-77(73)82(78)65-21-5-2-6-22-65)67-44-46-68(47-45-67)83-79-49-40-62(54-29-33-59(34-30-54)71-26-13-17-57-15-7-9-23-69(57)71)52-75(79)76-53-63(41-50-80(76)83)55-31-35-60(36-32-55)72-27-14-18-58-16-8-10-24-70(58)72/h1-53H. The molecule has 16 aromatic rings. The number of anilines is 3. The van der Waals surface area contributed by atoms with E-state index < -0.39 is 0 Å². The maximum Gasteiger partial charge on any atom is 0.0541 e. The van der Waals surface area contributed by atoms with Crippen molar-refractivity contribution in [3.05, 3.63) is 322 Å². The molecule has 0 aliphatic heterocycles. The average Bonchev–Trinajstić information content (AvgIpc) is 3.17. The molecule has 0 saturated carbocycles. The molecule has 0 atom stereocenters. The van der Waals surface area contributed by atoms with Crippen molar-refractivity contribution < 1.29 is 0 Å². The molecule has 83 heavy (non-hydrogen) atoms. The lowest BCUT2D eigenvalue weighted by atomic mass is 9.95. The summed E-state index contributed by atoms with van der Waals surface area (Å²) in [4.78, 5) is 2.35. The van der Waals surface area contributed by atoms with Crippen molar-refractivity contribution in [3.8, 4) is 67.0 Å². The van der Waals surface area contributed by atoms with E-state index in [2.05, 4.69) is 336 Å². The third-order valence-corrected chi connectivity index (χ3v) is 16.9. The van der Waals surface area contributed by atoms with E-state index in [0.29, 0.717) is 0 Å². The number of fused-ring (bicyclic) bond motifs is 8. The number of rotatable bonds is 10. The third kappa shape index (κ3) is 8.37. The van der Waals surface area contributed by atoms with Gasteiger partial charge < -0.3 is 14.0 Å². The van der Waals surface area contributed by atoms with Gasteiger partial charge in [-0.05, 0) is 180 Å². The summed E-state index contributed by atoms with van der Waals surface area (Å²) in [5, 5.41) is 9.94. The molecule has 3 heteroatoms. The van der Waals surface area contributed by atoms with Crippen LogP contribution in [0, 0.1) is 0 Å². The van der Waals surface area contributed by atoms with Crippen LogP contribution in [0.15, 0.2) is 322 Å². The summed E-state index contributed by atoms with van der Waals surface area (Å²) < 4.78 is 4.81. The van der Waals surface area contributed by atoms with Crippen LogP contribution >= 0.6 is 0 Å². The van der Waals surface area contributed by atoms with E-state index in [0.717, 1.165) is 39.5 Å². The first-order chi connectivity index (χ1) is 41.1. The van der Waals surface area contributed by atoms with E-state index in [-0.39, 0.29) is 0 Å². The SMILES string of the molecule is c1ccc(N(c2ccc(-c3ccc4c(c3)c3ccccc3n4-c3ccccc3)cc2)c2ccc(-n3c4ccc(-c5ccc(-c6cccc7ccccc67)cc5)cc4c4cc(-c5ccc(-c6cccc7ccccc67)cc5)ccc43)cc2)cc1. The van der Waals surface area contributed by atoms with E-state index in [1.54, 1.807) is 0 Å². The van der Waals surface area contributed by atoms with E-state index in [1.165, 1.54) is 110 Å². The van der Waals surface area contributed by atoms with Crippen molar-refractivity contribution in [2.45, 2.75) is 0 Å². The molecule has 0 spiro atoms. The molecular weight excluding hydrogens is 1000 g/mol. The second-order valence-electron chi connectivity index (χ2n) is 21.7. The predicted octanol–water partition coefficient (Wildman–Crippen LogP) is 22.0. The van der Waals surface area contributed by atoms with Crippen LogP contribution in [0.4, 0.5) is 17.1 Å². The lowest BCUT2D eigenvalue weighted by molar-refractivity contribution is 1.17. The first-order valence-corrected chi connectivity index (χ1v) is 28.6. The van der Waals surface area contributed by atoms with Gasteiger partial charge in [0.05, 0.1) is 22.1 Å². The van der Waals surface area contributed by atoms with Gasteiger partial charge in [-0.3, -0.25) is 0 Å². The summed E-state index contributed by atoms with van der Waals surface area (Å²) in [6.45, 7) is 0. The van der Waals surface area contributed by atoms with Crippen LogP contribution in [0.1, 0.15) is 0 Å². The van der Waals surface area contributed by atoms with Crippen LogP contribution < -0.4 is 4.90 Å². The molecular formula is C80H53N3. The summed E-state index contributed by atoms with van der Waals surface area (Å²) in [5.41, 5.74) is 22.2. The molecule has 0 aliphatic rings. The fraction of sp³-hybridized carbons (Fsp3) is 0. The van der Waals surface area contributed by atoms with Crippen molar-refractivity contribution in [1.82, 2.24) is 9.13 Å². The predicted molar refractivity (Wildman–Crippen MR) is 352 cm³/mol. The lowest BCUT2D eigenvalue weighted by Crippen LogP contribution is -2.10. The van der Waals surface area contributed by atoms with E-state index in [9.17, 15) is 0 Å².